The largest absolute Gasteiger partial charge is 0.464 e. The zero-order valence-corrected chi connectivity index (χ0v) is 11.0. The molecule has 0 bridgehead atoms. The van der Waals surface area contributed by atoms with E-state index in [1.165, 1.54) is 0 Å². The number of rotatable bonds is 1. The Hall–Kier alpha value is -1.46. The zero-order valence-electron chi connectivity index (χ0n) is 8.61. The second-order valence-corrected chi connectivity index (χ2v) is 4.82. The molecule has 0 atom stereocenters. The van der Waals surface area contributed by atoms with Crippen LogP contribution in [0, 0.1) is 4.64 Å². The van der Waals surface area contributed by atoms with Gasteiger partial charge in [-0.15, -0.1) is 0 Å². The van der Waals surface area contributed by atoms with Gasteiger partial charge in [-0.25, -0.2) is 4.98 Å². The average Bonchev–Trinajstić information content (AvgIpc) is 2.76. The molecule has 3 rings (SSSR count). The number of hydrogen-bond donors (Lipinski definition) is 1. The fourth-order valence-electron chi connectivity index (χ4n) is 1.68. The van der Waals surface area contributed by atoms with Crippen LogP contribution in [0.5, 0.6) is 0 Å². The third kappa shape index (κ3) is 1.81. The summed E-state index contributed by atoms with van der Waals surface area (Å²) >= 11 is 8.49. The second kappa shape index (κ2) is 4.09. The van der Waals surface area contributed by atoms with Crippen LogP contribution in [-0.4, -0.2) is 9.97 Å². The number of hydrogen-bond acceptors (Lipinski definition) is 3. The molecule has 0 aliphatic rings. The lowest BCUT2D eigenvalue weighted by Gasteiger charge is -1.98. The van der Waals surface area contributed by atoms with Crippen LogP contribution in [0.1, 0.15) is 0 Å². The number of nitrogens with one attached hydrogen (secondary N) is 1. The minimum Gasteiger partial charge on any atom is -0.464 e. The lowest BCUT2D eigenvalue weighted by atomic mass is 10.1. The topological polar surface area (TPSA) is 41.8 Å². The molecule has 3 nitrogen and oxygen atoms in total. The summed E-state index contributed by atoms with van der Waals surface area (Å²) in [4.78, 5) is 7.37. The summed E-state index contributed by atoms with van der Waals surface area (Å²) in [6.45, 7) is 0. The minimum absolute atomic E-state index is 0.625. The van der Waals surface area contributed by atoms with Crippen LogP contribution < -0.4 is 0 Å². The molecule has 1 aromatic carbocycles. The van der Waals surface area contributed by atoms with Gasteiger partial charge in [0.05, 0.1) is 10.0 Å². The Balaban J connectivity index is 2.27. The number of benzene rings is 1. The van der Waals surface area contributed by atoms with E-state index in [2.05, 4.69) is 25.9 Å². The summed E-state index contributed by atoms with van der Waals surface area (Å²) in [5.41, 5.74) is 1.76. The van der Waals surface area contributed by atoms with E-state index in [0.29, 0.717) is 10.5 Å². The molecule has 0 saturated heterocycles. The summed E-state index contributed by atoms with van der Waals surface area (Å²) in [7, 11) is 0. The Morgan fingerprint density at radius 3 is 2.94 bits per heavy atom. The molecule has 0 unspecified atom stereocenters. The van der Waals surface area contributed by atoms with Gasteiger partial charge >= 0.3 is 0 Å². The van der Waals surface area contributed by atoms with Gasteiger partial charge in [0.1, 0.15) is 22.3 Å². The van der Waals surface area contributed by atoms with Gasteiger partial charge in [0.15, 0.2) is 0 Å². The quantitative estimate of drug-likeness (QED) is 0.681. The standard InChI is InChI=1S/C12H7BrN2OS/c13-9-5-14-11(15-12(9)17)8-6-16-10-4-2-1-3-7(8)10/h1-6H,(H,14,15,17). The number of aromatic nitrogens is 2. The van der Waals surface area contributed by atoms with Crippen LogP contribution in [0.4, 0.5) is 0 Å². The maximum atomic E-state index is 5.47. The van der Waals surface area contributed by atoms with Crippen molar-refractivity contribution >= 4 is 39.1 Å². The highest BCUT2D eigenvalue weighted by Gasteiger charge is 2.09. The predicted octanol–water partition coefficient (Wildman–Crippen LogP) is 4.31. The van der Waals surface area contributed by atoms with Gasteiger partial charge in [-0.2, -0.15) is 0 Å². The van der Waals surface area contributed by atoms with Gasteiger partial charge in [-0.05, 0) is 22.0 Å². The minimum atomic E-state index is 0.625. The number of nitrogens with zero attached hydrogens (tertiary/aromatic N) is 1. The summed E-state index contributed by atoms with van der Waals surface area (Å²) in [5, 5.41) is 1.02. The first-order chi connectivity index (χ1) is 8.25. The highest BCUT2D eigenvalue weighted by Crippen LogP contribution is 2.28. The van der Waals surface area contributed by atoms with Gasteiger partial charge in [0.25, 0.3) is 0 Å². The van der Waals surface area contributed by atoms with E-state index in [0.717, 1.165) is 21.0 Å². The lowest BCUT2D eigenvalue weighted by molar-refractivity contribution is 0.616. The van der Waals surface area contributed by atoms with E-state index in [4.69, 9.17) is 16.6 Å². The molecule has 0 fully saturated rings. The van der Waals surface area contributed by atoms with Crippen LogP contribution in [-0.2, 0) is 0 Å². The fraction of sp³-hybridized carbons (Fsp3) is 0. The predicted molar refractivity (Wildman–Crippen MR) is 72.3 cm³/mol. The number of aromatic amines is 1. The molecule has 0 saturated carbocycles. The molecule has 2 heterocycles. The second-order valence-electron chi connectivity index (χ2n) is 3.55. The number of halogens is 1. The smallest absolute Gasteiger partial charge is 0.142 e. The van der Waals surface area contributed by atoms with Gasteiger partial charge in [-0.1, -0.05) is 30.4 Å². The first-order valence-corrected chi connectivity index (χ1v) is 6.17. The van der Waals surface area contributed by atoms with Crippen molar-refractivity contribution in [2.75, 3.05) is 0 Å². The van der Waals surface area contributed by atoms with E-state index in [9.17, 15) is 0 Å². The molecular formula is C12H7BrN2OS. The van der Waals surface area contributed by atoms with E-state index in [1.54, 1.807) is 12.5 Å². The molecule has 3 aromatic rings. The summed E-state index contributed by atoms with van der Waals surface area (Å²) in [5.74, 6) is 0.711. The van der Waals surface area contributed by atoms with E-state index < -0.39 is 0 Å². The summed E-state index contributed by atoms with van der Waals surface area (Å²) < 4.78 is 6.87. The van der Waals surface area contributed by atoms with Crippen molar-refractivity contribution in [1.29, 1.82) is 0 Å². The molecule has 1 N–H and O–H groups in total. The monoisotopic (exact) mass is 306 g/mol. The Morgan fingerprint density at radius 1 is 1.29 bits per heavy atom. The maximum absolute atomic E-state index is 5.47. The summed E-state index contributed by atoms with van der Waals surface area (Å²) in [6, 6.07) is 7.82. The third-order valence-electron chi connectivity index (χ3n) is 2.49. The number of H-pyrrole nitrogens is 1. The fourth-order valence-corrected chi connectivity index (χ4v) is 2.03. The van der Waals surface area contributed by atoms with Gasteiger partial charge in [-0.3, -0.25) is 0 Å². The van der Waals surface area contributed by atoms with E-state index in [1.807, 2.05) is 24.3 Å². The zero-order chi connectivity index (χ0) is 11.8. The van der Waals surface area contributed by atoms with Crippen molar-refractivity contribution < 1.29 is 4.42 Å². The van der Waals surface area contributed by atoms with Gasteiger partial charge < -0.3 is 9.40 Å². The Kier molecular flexibility index (Phi) is 2.57. The first kappa shape index (κ1) is 10.7. The SMILES string of the molecule is S=c1[nH]c(-c2coc3ccccc23)ncc1Br. The van der Waals surface area contributed by atoms with E-state index in [-0.39, 0.29) is 0 Å². The third-order valence-corrected chi connectivity index (χ3v) is 3.68. The molecule has 0 aliphatic heterocycles. The highest BCUT2D eigenvalue weighted by molar-refractivity contribution is 9.10. The van der Waals surface area contributed by atoms with Crippen molar-refractivity contribution in [2.24, 2.45) is 0 Å². The molecule has 0 amide bonds. The number of para-hydroxylation sites is 1. The first-order valence-electron chi connectivity index (χ1n) is 4.97. The van der Waals surface area contributed by atoms with Crippen LogP contribution in [0.3, 0.4) is 0 Å². The highest BCUT2D eigenvalue weighted by atomic mass is 79.9. The van der Waals surface area contributed by atoms with Crippen molar-refractivity contribution in [3.63, 3.8) is 0 Å². The van der Waals surface area contributed by atoms with E-state index >= 15 is 0 Å². The van der Waals surface area contributed by atoms with Gasteiger partial charge in [0, 0.05) is 11.6 Å². The molecule has 2 aromatic heterocycles. The molecule has 0 radical (unpaired) electrons. The average molecular weight is 307 g/mol. The number of furan rings is 1. The van der Waals surface area contributed by atoms with Crippen LogP contribution >= 0.6 is 28.1 Å². The van der Waals surface area contributed by atoms with Crippen molar-refractivity contribution in [3.05, 3.63) is 45.8 Å². The summed E-state index contributed by atoms with van der Waals surface area (Å²) in [6.07, 6.45) is 3.38. The van der Waals surface area contributed by atoms with Crippen LogP contribution in [0.2, 0.25) is 0 Å². The molecule has 17 heavy (non-hydrogen) atoms. The molecule has 0 spiro atoms. The lowest BCUT2D eigenvalue weighted by Crippen LogP contribution is -1.88. The Morgan fingerprint density at radius 2 is 2.12 bits per heavy atom. The van der Waals surface area contributed by atoms with Crippen LogP contribution in [0.25, 0.3) is 22.4 Å². The molecule has 5 heteroatoms. The maximum Gasteiger partial charge on any atom is 0.142 e. The Bertz CT molecular complexity index is 747. The van der Waals surface area contributed by atoms with Crippen molar-refractivity contribution in [2.45, 2.75) is 0 Å². The number of fused-ring (bicyclic) bond motifs is 1. The molecular weight excluding hydrogens is 300 g/mol. The van der Waals surface area contributed by atoms with Crippen molar-refractivity contribution in [1.82, 2.24) is 9.97 Å². The van der Waals surface area contributed by atoms with Crippen molar-refractivity contribution in [3.8, 4) is 11.4 Å². The normalized spacial score (nSPS) is 10.9. The van der Waals surface area contributed by atoms with Gasteiger partial charge in [0.2, 0.25) is 0 Å². The molecule has 84 valence electrons. The Labute approximate surface area is 111 Å². The molecule has 0 aliphatic carbocycles. The van der Waals surface area contributed by atoms with Crippen LogP contribution in [0.15, 0.2) is 45.6 Å².